The standard InChI is InChI=1S/C14H19N3O2S/c1-9-7-10(2)16-11(8-9)17-13(18)14(12(15)20)3-5-19-6-4-14/h7-8H,3-6H2,1-2H3,(H2,15,20)(H,16,17,18). The lowest BCUT2D eigenvalue weighted by molar-refractivity contribution is -0.126. The summed E-state index contributed by atoms with van der Waals surface area (Å²) in [6.07, 6.45) is 1.03. The van der Waals surface area contributed by atoms with Gasteiger partial charge in [0.25, 0.3) is 0 Å². The van der Waals surface area contributed by atoms with E-state index < -0.39 is 5.41 Å². The Labute approximate surface area is 123 Å². The Kier molecular flexibility index (Phi) is 4.35. The molecule has 0 radical (unpaired) electrons. The average Bonchev–Trinajstić information content (AvgIpc) is 2.38. The number of amides is 1. The summed E-state index contributed by atoms with van der Waals surface area (Å²) in [6.45, 7) is 4.83. The third kappa shape index (κ3) is 2.96. The highest BCUT2D eigenvalue weighted by Gasteiger charge is 2.43. The van der Waals surface area contributed by atoms with Crippen molar-refractivity contribution < 1.29 is 9.53 Å². The van der Waals surface area contributed by atoms with Crippen LogP contribution in [0.4, 0.5) is 5.82 Å². The van der Waals surface area contributed by atoms with Crippen LogP contribution in [0, 0.1) is 19.3 Å². The molecular formula is C14H19N3O2S. The van der Waals surface area contributed by atoms with E-state index in [9.17, 15) is 4.79 Å². The molecule has 0 spiro atoms. The predicted molar refractivity (Wildman–Crippen MR) is 81.6 cm³/mol. The van der Waals surface area contributed by atoms with Gasteiger partial charge < -0.3 is 15.8 Å². The molecule has 108 valence electrons. The topological polar surface area (TPSA) is 77.2 Å². The van der Waals surface area contributed by atoms with Gasteiger partial charge in [0.1, 0.15) is 11.2 Å². The SMILES string of the molecule is Cc1cc(C)nc(NC(=O)C2(C(N)=S)CCOCC2)c1. The van der Waals surface area contributed by atoms with Gasteiger partial charge in [-0.1, -0.05) is 12.2 Å². The average molecular weight is 293 g/mol. The summed E-state index contributed by atoms with van der Waals surface area (Å²) in [5, 5.41) is 2.84. The molecular weight excluding hydrogens is 274 g/mol. The molecule has 1 fully saturated rings. The first-order valence-corrected chi connectivity index (χ1v) is 6.99. The molecule has 2 rings (SSSR count). The van der Waals surface area contributed by atoms with E-state index in [1.807, 2.05) is 26.0 Å². The number of nitrogens with two attached hydrogens (primary N) is 1. The normalized spacial score (nSPS) is 17.5. The third-order valence-electron chi connectivity index (χ3n) is 3.59. The van der Waals surface area contributed by atoms with Crippen LogP contribution in [0.3, 0.4) is 0 Å². The molecule has 1 aromatic heterocycles. The van der Waals surface area contributed by atoms with Crippen LogP contribution in [-0.4, -0.2) is 29.1 Å². The lowest BCUT2D eigenvalue weighted by Crippen LogP contribution is -2.49. The van der Waals surface area contributed by atoms with Gasteiger partial charge in [-0.15, -0.1) is 0 Å². The van der Waals surface area contributed by atoms with Gasteiger partial charge in [0, 0.05) is 18.9 Å². The highest BCUT2D eigenvalue weighted by atomic mass is 32.1. The first kappa shape index (κ1) is 14.9. The number of nitrogens with one attached hydrogen (secondary N) is 1. The van der Waals surface area contributed by atoms with E-state index in [0.717, 1.165) is 11.3 Å². The van der Waals surface area contributed by atoms with Crippen molar-refractivity contribution in [3.63, 3.8) is 0 Å². The summed E-state index contributed by atoms with van der Waals surface area (Å²) in [6, 6.07) is 3.78. The number of ether oxygens (including phenoxy) is 1. The van der Waals surface area contributed by atoms with Gasteiger partial charge in [0.2, 0.25) is 5.91 Å². The van der Waals surface area contributed by atoms with Crippen molar-refractivity contribution >= 4 is 28.9 Å². The van der Waals surface area contributed by atoms with Gasteiger partial charge in [0.15, 0.2) is 0 Å². The van der Waals surface area contributed by atoms with Crippen LogP contribution >= 0.6 is 12.2 Å². The minimum atomic E-state index is -0.826. The van der Waals surface area contributed by atoms with Crippen LogP contribution in [0.2, 0.25) is 0 Å². The lowest BCUT2D eigenvalue weighted by Gasteiger charge is -2.34. The molecule has 1 aliphatic heterocycles. The first-order chi connectivity index (χ1) is 9.44. The van der Waals surface area contributed by atoms with Crippen molar-refractivity contribution in [1.29, 1.82) is 0 Å². The van der Waals surface area contributed by atoms with Crippen LogP contribution in [-0.2, 0) is 9.53 Å². The van der Waals surface area contributed by atoms with E-state index in [1.54, 1.807) is 0 Å². The number of pyridine rings is 1. The van der Waals surface area contributed by atoms with Gasteiger partial charge in [-0.05, 0) is 44.4 Å². The Bertz CT molecular complexity index is 519. The zero-order valence-electron chi connectivity index (χ0n) is 11.7. The smallest absolute Gasteiger partial charge is 0.238 e. The summed E-state index contributed by atoms with van der Waals surface area (Å²) in [5.41, 5.74) is 6.89. The quantitative estimate of drug-likeness (QED) is 0.830. The number of nitrogens with zero attached hydrogens (tertiary/aromatic N) is 1. The summed E-state index contributed by atoms with van der Waals surface area (Å²) < 4.78 is 5.30. The Balaban J connectivity index is 2.22. The molecule has 20 heavy (non-hydrogen) atoms. The van der Waals surface area contributed by atoms with E-state index in [0.29, 0.717) is 31.9 Å². The van der Waals surface area contributed by atoms with Crippen LogP contribution in [0.15, 0.2) is 12.1 Å². The summed E-state index contributed by atoms with van der Waals surface area (Å²) in [7, 11) is 0. The zero-order valence-corrected chi connectivity index (χ0v) is 12.5. The molecule has 6 heteroatoms. The van der Waals surface area contributed by atoms with Gasteiger partial charge >= 0.3 is 0 Å². The molecule has 1 amide bonds. The molecule has 3 N–H and O–H groups in total. The number of anilines is 1. The Morgan fingerprint density at radius 3 is 2.60 bits per heavy atom. The minimum Gasteiger partial charge on any atom is -0.392 e. The highest BCUT2D eigenvalue weighted by Crippen LogP contribution is 2.32. The zero-order chi connectivity index (χ0) is 14.8. The van der Waals surface area contributed by atoms with Crippen molar-refractivity contribution in [3.05, 3.63) is 23.4 Å². The predicted octanol–water partition coefficient (Wildman–Crippen LogP) is 1.72. The number of aryl methyl sites for hydroxylation is 2. The van der Waals surface area contributed by atoms with Gasteiger partial charge in [0.05, 0.1) is 4.99 Å². The summed E-state index contributed by atoms with van der Waals surface area (Å²) in [5.74, 6) is 0.348. The van der Waals surface area contributed by atoms with Gasteiger partial charge in [-0.2, -0.15) is 0 Å². The van der Waals surface area contributed by atoms with Gasteiger partial charge in [-0.25, -0.2) is 4.98 Å². The van der Waals surface area contributed by atoms with Crippen LogP contribution < -0.4 is 11.1 Å². The molecule has 0 atom stereocenters. The summed E-state index contributed by atoms with van der Waals surface area (Å²) >= 11 is 5.11. The molecule has 0 bridgehead atoms. The molecule has 1 aliphatic rings. The van der Waals surface area contributed by atoms with Crippen LogP contribution in [0.25, 0.3) is 0 Å². The maximum atomic E-state index is 12.6. The van der Waals surface area contributed by atoms with Crippen molar-refractivity contribution in [2.75, 3.05) is 18.5 Å². The Morgan fingerprint density at radius 2 is 2.05 bits per heavy atom. The number of hydrogen-bond acceptors (Lipinski definition) is 4. The fourth-order valence-electron chi connectivity index (χ4n) is 2.45. The van der Waals surface area contributed by atoms with Crippen molar-refractivity contribution in [3.8, 4) is 0 Å². The van der Waals surface area contributed by atoms with Gasteiger partial charge in [-0.3, -0.25) is 4.79 Å². The number of hydrogen-bond donors (Lipinski definition) is 2. The maximum Gasteiger partial charge on any atom is 0.238 e. The minimum absolute atomic E-state index is 0.189. The fourth-order valence-corrected chi connectivity index (χ4v) is 2.74. The number of thiocarbonyl (C=S) groups is 1. The number of rotatable bonds is 3. The molecule has 0 aliphatic carbocycles. The van der Waals surface area contributed by atoms with Crippen molar-refractivity contribution in [2.45, 2.75) is 26.7 Å². The molecule has 0 saturated carbocycles. The second-order valence-corrected chi connectivity index (χ2v) is 5.62. The van der Waals surface area contributed by atoms with Crippen molar-refractivity contribution in [1.82, 2.24) is 4.98 Å². The molecule has 1 saturated heterocycles. The maximum absolute atomic E-state index is 12.6. The molecule has 0 unspecified atom stereocenters. The van der Waals surface area contributed by atoms with E-state index in [4.69, 9.17) is 22.7 Å². The molecule has 0 aromatic carbocycles. The second-order valence-electron chi connectivity index (χ2n) is 5.18. The van der Waals surface area contributed by atoms with Crippen molar-refractivity contribution in [2.24, 2.45) is 11.1 Å². The molecule has 2 heterocycles. The Hall–Kier alpha value is -1.53. The lowest BCUT2D eigenvalue weighted by atomic mass is 9.79. The third-order valence-corrected chi connectivity index (χ3v) is 3.98. The monoisotopic (exact) mass is 293 g/mol. The highest BCUT2D eigenvalue weighted by molar-refractivity contribution is 7.80. The van der Waals surface area contributed by atoms with E-state index in [2.05, 4.69) is 10.3 Å². The van der Waals surface area contributed by atoms with E-state index in [-0.39, 0.29) is 10.9 Å². The number of carbonyl (C=O) groups is 1. The number of carbonyl (C=O) groups excluding carboxylic acids is 1. The first-order valence-electron chi connectivity index (χ1n) is 6.58. The fraction of sp³-hybridized carbons (Fsp3) is 0.500. The summed E-state index contributed by atoms with van der Waals surface area (Å²) in [4.78, 5) is 17.1. The molecule has 5 nitrogen and oxygen atoms in total. The molecule has 1 aromatic rings. The largest absolute Gasteiger partial charge is 0.392 e. The van der Waals surface area contributed by atoms with E-state index >= 15 is 0 Å². The number of aromatic nitrogens is 1. The van der Waals surface area contributed by atoms with E-state index in [1.165, 1.54) is 0 Å². The Morgan fingerprint density at radius 1 is 1.40 bits per heavy atom. The van der Waals surface area contributed by atoms with Crippen LogP contribution in [0.1, 0.15) is 24.1 Å². The second kappa shape index (κ2) is 5.85. The van der Waals surface area contributed by atoms with Crippen LogP contribution in [0.5, 0.6) is 0 Å².